The van der Waals surface area contributed by atoms with Crippen LogP contribution in [0.15, 0.2) is 68.6 Å². The standard InChI is InChI=1S/C16H12N4O9S2.3Na.3H/c21-15-13(18-17-9-1-5-11(6-2-9)30(24,25)26)14(16(22)23)19-20(15)10-3-7-12(8-4-10)31(27,28)29;;;;;;/h1-8,21H,(H,22,23)(H,24,25,26)(H,27,28,29);;;;;;/b18-17+;;;;;;. The van der Waals surface area contributed by atoms with Crippen molar-refractivity contribution in [3.63, 3.8) is 0 Å². The van der Waals surface area contributed by atoms with Crippen LogP contribution in [-0.4, -0.2) is 141 Å². The van der Waals surface area contributed by atoms with Gasteiger partial charge in [-0.25, -0.2) is 4.79 Å². The molecule has 0 fully saturated rings. The van der Waals surface area contributed by atoms with Gasteiger partial charge in [0.25, 0.3) is 20.2 Å². The Morgan fingerprint density at radius 2 is 1.24 bits per heavy atom. The summed E-state index contributed by atoms with van der Waals surface area (Å²) in [6.45, 7) is 0. The zero-order chi connectivity index (χ0) is 23.0. The first-order chi connectivity index (χ1) is 14.4. The van der Waals surface area contributed by atoms with E-state index in [0.717, 1.165) is 41.1 Å². The van der Waals surface area contributed by atoms with Gasteiger partial charge in [-0.1, -0.05) is 0 Å². The molecule has 0 amide bonds. The third-order valence-electron chi connectivity index (χ3n) is 3.82. The summed E-state index contributed by atoms with van der Waals surface area (Å²) in [5, 5.41) is 30.8. The normalized spacial score (nSPS) is 11.2. The van der Waals surface area contributed by atoms with Crippen molar-refractivity contribution in [2.45, 2.75) is 9.79 Å². The van der Waals surface area contributed by atoms with Gasteiger partial charge in [0.15, 0.2) is 5.69 Å². The number of hydrogen-bond donors (Lipinski definition) is 4. The number of carboxylic acids is 1. The van der Waals surface area contributed by atoms with Crippen LogP contribution in [0, 0.1) is 0 Å². The van der Waals surface area contributed by atoms with Gasteiger partial charge in [0.1, 0.15) is 0 Å². The number of nitrogens with zero attached hydrogens (tertiary/aromatic N) is 4. The number of carboxylic acid groups (broad SMARTS) is 1. The fourth-order valence-electron chi connectivity index (χ4n) is 2.37. The van der Waals surface area contributed by atoms with Crippen LogP contribution in [-0.2, 0) is 20.2 Å². The zero-order valence-electron chi connectivity index (χ0n) is 15.1. The minimum atomic E-state index is -4.45. The Hall–Kier alpha value is -0.660. The molecule has 18 heteroatoms. The van der Waals surface area contributed by atoms with Crippen molar-refractivity contribution in [3.8, 4) is 11.6 Å². The van der Waals surface area contributed by atoms with Gasteiger partial charge in [-0.05, 0) is 48.5 Å². The summed E-state index contributed by atoms with van der Waals surface area (Å²) in [6.07, 6.45) is 0. The molecule has 0 bridgehead atoms. The maximum atomic E-state index is 11.5. The Bertz CT molecular complexity index is 1410. The number of rotatable bonds is 6. The molecule has 0 aliphatic rings. The van der Waals surface area contributed by atoms with Gasteiger partial charge in [0.05, 0.1) is 21.2 Å². The molecule has 0 saturated carbocycles. The first-order valence-electron chi connectivity index (χ1n) is 8.00. The predicted octanol–water partition coefficient (Wildman–Crippen LogP) is 0.239. The molecule has 1 heterocycles. The van der Waals surface area contributed by atoms with Crippen LogP contribution in [0.1, 0.15) is 10.5 Å². The van der Waals surface area contributed by atoms with E-state index in [2.05, 4.69) is 15.3 Å². The van der Waals surface area contributed by atoms with Gasteiger partial charge in [-0.3, -0.25) is 9.11 Å². The van der Waals surface area contributed by atoms with Crippen molar-refractivity contribution in [2.24, 2.45) is 10.2 Å². The molecule has 168 valence electrons. The molecule has 0 unspecified atom stereocenters. The average Bonchev–Trinajstić information content (AvgIpc) is 3.02. The molecule has 0 saturated heterocycles. The first kappa shape index (κ1) is 33.3. The fourth-order valence-corrected chi connectivity index (χ4v) is 3.33. The molecule has 13 nitrogen and oxygen atoms in total. The van der Waals surface area contributed by atoms with Crippen LogP contribution >= 0.6 is 0 Å². The van der Waals surface area contributed by atoms with Gasteiger partial charge in [-0.15, -0.1) is 5.11 Å². The third-order valence-corrected chi connectivity index (χ3v) is 5.55. The summed E-state index contributed by atoms with van der Waals surface area (Å²) in [7, 11) is -8.86. The Balaban J connectivity index is 0.00000363. The quantitative estimate of drug-likeness (QED) is 0.190. The Morgan fingerprint density at radius 1 is 0.794 bits per heavy atom. The number of aromatic carboxylic acids is 1. The van der Waals surface area contributed by atoms with E-state index in [1.54, 1.807) is 0 Å². The van der Waals surface area contributed by atoms with Gasteiger partial charge < -0.3 is 10.2 Å². The van der Waals surface area contributed by atoms with E-state index in [1.807, 2.05) is 0 Å². The second-order valence-electron chi connectivity index (χ2n) is 5.88. The fraction of sp³-hybridized carbons (Fsp3) is 0. The number of hydrogen-bond acceptors (Lipinski definition) is 9. The second kappa shape index (κ2) is 13.0. The number of azo groups is 1. The first-order valence-corrected chi connectivity index (χ1v) is 10.9. The summed E-state index contributed by atoms with van der Waals surface area (Å²) >= 11 is 0. The van der Waals surface area contributed by atoms with Crippen molar-refractivity contribution >= 4 is 126 Å². The molecular weight excluding hydrogens is 525 g/mol. The summed E-state index contributed by atoms with van der Waals surface area (Å²) in [5.41, 5.74) is -1.06. The van der Waals surface area contributed by atoms with E-state index in [4.69, 9.17) is 9.11 Å². The molecule has 0 atom stereocenters. The molecule has 34 heavy (non-hydrogen) atoms. The van der Waals surface area contributed by atoms with E-state index < -0.39 is 48.4 Å². The summed E-state index contributed by atoms with van der Waals surface area (Å²) in [6, 6.07) is 8.82. The number of benzene rings is 2. The van der Waals surface area contributed by atoms with Crippen molar-refractivity contribution in [2.75, 3.05) is 0 Å². The molecular formula is C16H15N4Na3O9S2. The molecule has 4 N–H and O–H groups in total. The Morgan fingerprint density at radius 3 is 1.65 bits per heavy atom. The van der Waals surface area contributed by atoms with Crippen LogP contribution < -0.4 is 0 Å². The second-order valence-corrected chi connectivity index (χ2v) is 8.72. The van der Waals surface area contributed by atoms with E-state index in [-0.39, 0.29) is 105 Å². The van der Waals surface area contributed by atoms with E-state index >= 15 is 0 Å². The molecule has 3 rings (SSSR count). The summed E-state index contributed by atoms with van der Waals surface area (Å²) in [4.78, 5) is 10.7. The van der Waals surface area contributed by atoms with Crippen molar-refractivity contribution in [3.05, 3.63) is 54.2 Å². The van der Waals surface area contributed by atoms with Crippen LogP contribution in [0.4, 0.5) is 11.4 Å². The molecule has 2 aromatic carbocycles. The van der Waals surface area contributed by atoms with Gasteiger partial charge in [0.2, 0.25) is 11.6 Å². The third kappa shape index (κ3) is 7.92. The van der Waals surface area contributed by atoms with Crippen LogP contribution in [0.3, 0.4) is 0 Å². The number of aromatic hydroxyl groups is 1. The molecule has 0 aliphatic heterocycles. The van der Waals surface area contributed by atoms with Crippen molar-refractivity contribution < 1.29 is 40.9 Å². The molecule has 0 aliphatic carbocycles. The molecule has 0 spiro atoms. The molecule has 1 aromatic heterocycles. The average molecular weight is 540 g/mol. The van der Waals surface area contributed by atoms with Gasteiger partial charge >= 0.3 is 94.6 Å². The Kier molecular flexibility index (Phi) is 12.8. The number of aromatic nitrogens is 2. The number of carbonyl (C=O) groups is 1. The topological polar surface area (TPSA) is 209 Å². The summed E-state index contributed by atoms with van der Waals surface area (Å²) in [5.74, 6) is -2.27. The van der Waals surface area contributed by atoms with E-state index in [0.29, 0.717) is 0 Å². The zero-order valence-corrected chi connectivity index (χ0v) is 16.7. The molecule has 0 radical (unpaired) electrons. The van der Waals surface area contributed by atoms with Gasteiger partial charge in [0, 0.05) is 0 Å². The minimum absolute atomic E-state index is 0. The predicted molar refractivity (Wildman–Crippen MR) is 124 cm³/mol. The van der Waals surface area contributed by atoms with Crippen LogP contribution in [0.5, 0.6) is 5.88 Å². The van der Waals surface area contributed by atoms with Crippen molar-refractivity contribution in [1.29, 1.82) is 0 Å². The van der Waals surface area contributed by atoms with Crippen LogP contribution in [0.25, 0.3) is 5.69 Å². The van der Waals surface area contributed by atoms with Gasteiger partial charge in [-0.2, -0.15) is 31.7 Å². The van der Waals surface area contributed by atoms with E-state index in [1.165, 1.54) is 12.1 Å². The monoisotopic (exact) mass is 540 g/mol. The summed E-state index contributed by atoms with van der Waals surface area (Å²) < 4.78 is 63.1. The Labute approximate surface area is 259 Å². The van der Waals surface area contributed by atoms with Crippen molar-refractivity contribution in [1.82, 2.24) is 9.78 Å². The SMILES string of the molecule is O=C(O)c1nn(-c2ccc(S(=O)(=O)O)cc2)c(O)c1/N=N/c1ccc(S(=O)(=O)O)cc1.[NaH].[NaH].[NaH]. The van der Waals surface area contributed by atoms with Crippen LogP contribution in [0.2, 0.25) is 0 Å². The molecule has 3 aromatic rings. The maximum absolute atomic E-state index is 11.5. The van der Waals surface area contributed by atoms with E-state index in [9.17, 15) is 31.8 Å².